The molecule has 2 N–H and O–H groups in total. The standard InChI is InChI=1S/C13H21N5O/c1-17-7-3-10(4-8-17)15-12(19)11-9-18-6-2-5-14-13(18)16-11/h9-10H,2-8H2,1H3,(H,14,16)(H,15,19). The Labute approximate surface area is 113 Å². The number of hydrogen-bond acceptors (Lipinski definition) is 4. The van der Waals surface area contributed by atoms with Crippen molar-refractivity contribution in [3.8, 4) is 0 Å². The van der Waals surface area contributed by atoms with Gasteiger partial charge < -0.3 is 20.1 Å². The van der Waals surface area contributed by atoms with Crippen LogP contribution in [0.4, 0.5) is 5.95 Å². The van der Waals surface area contributed by atoms with Gasteiger partial charge in [0.05, 0.1) is 0 Å². The number of carbonyl (C=O) groups excluding carboxylic acids is 1. The van der Waals surface area contributed by atoms with Gasteiger partial charge in [0.15, 0.2) is 0 Å². The Hall–Kier alpha value is -1.56. The summed E-state index contributed by atoms with van der Waals surface area (Å²) in [6, 6.07) is 0.287. The fourth-order valence-corrected chi connectivity index (χ4v) is 2.70. The molecule has 0 unspecified atom stereocenters. The molecular weight excluding hydrogens is 242 g/mol. The lowest BCUT2D eigenvalue weighted by atomic mass is 10.1. The van der Waals surface area contributed by atoms with Crippen molar-refractivity contribution in [2.24, 2.45) is 0 Å². The zero-order chi connectivity index (χ0) is 13.2. The summed E-state index contributed by atoms with van der Waals surface area (Å²) in [5, 5.41) is 6.31. The van der Waals surface area contributed by atoms with Crippen molar-refractivity contribution < 1.29 is 4.79 Å². The molecule has 3 rings (SSSR count). The Balaban J connectivity index is 1.62. The van der Waals surface area contributed by atoms with Gasteiger partial charge >= 0.3 is 0 Å². The third-order valence-electron chi connectivity index (χ3n) is 3.92. The summed E-state index contributed by atoms with van der Waals surface area (Å²) in [6.45, 7) is 3.97. The van der Waals surface area contributed by atoms with Crippen molar-refractivity contribution in [1.29, 1.82) is 0 Å². The van der Waals surface area contributed by atoms with Crippen LogP contribution in [0.5, 0.6) is 0 Å². The summed E-state index contributed by atoms with van der Waals surface area (Å²) in [6.07, 6.45) is 4.98. The van der Waals surface area contributed by atoms with Crippen molar-refractivity contribution >= 4 is 11.9 Å². The second kappa shape index (κ2) is 5.21. The lowest BCUT2D eigenvalue weighted by molar-refractivity contribution is 0.0912. The average molecular weight is 263 g/mol. The summed E-state index contributed by atoms with van der Waals surface area (Å²) in [4.78, 5) is 18.8. The van der Waals surface area contributed by atoms with E-state index in [-0.39, 0.29) is 11.9 Å². The van der Waals surface area contributed by atoms with E-state index in [0.717, 1.165) is 51.4 Å². The molecule has 0 aliphatic carbocycles. The van der Waals surface area contributed by atoms with Crippen molar-refractivity contribution in [2.45, 2.75) is 31.8 Å². The molecular formula is C13H21N5O. The first kappa shape index (κ1) is 12.5. The zero-order valence-electron chi connectivity index (χ0n) is 11.4. The molecule has 0 atom stereocenters. The Bertz CT molecular complexity index is 438. The molecule has 0 spiro atoms. The maximum absolute atomic E-state index is 12.2. The van der Waals surface area contributed by atoms with Gasteiger partial charge in [-0.2, -0.15) is 0 Å². The highest BCUT2D eigenvalue weighted by atomic mass is 16.2. The number of piperidine rings is 1. The van der Waals surface area contributed by atoms with E-state index in [0.29, 0.717) is 5.69 Å². The Kier molecular flexibility index (Phi) is 3.42. The highest BCUT2D eigenvalue weighted by molar-refractivity contribution is 5.92. The first-order chi connectivity index (χ1) is 9.22. The lowest BCUT2D eigenvalue weighted by Crippen LogP contribution is -2.43. The Morgan fingerprint density at radius 2 is 2.21 bits per heavy atom. The summed E-state index contributed by atoms with van der Waals surface area (Å²) in [7, 11) is 2.12. The van der Waals surface area contributed by atoms with Gasteiger partial charge in [-0.05, 0) is 39.4 Å². The number of fused-ring (bicyclic) bond motifs is 1. The number of rotatable bonds is 2. The van der Waals surface area contributed by atoms with Crippen LogP contribution in [0.2, 0.25) is 0 Å². The van der Waals surface area contributed by atoms with Gasteiger partial charge in [-0.1, -0.05) is 0 Å². The van der Waals surface area contributed by atoms with Crippen LogP contribution in [-0.4, -0.2) is 53.1 Å². The summed E-state index contributed by atoms with van der Waals surface area (Å²) in [5.74, 6) is 0.776. The van der Waals surface area contributed by atoms with Crippen LogP contribution in [0.1, 0.15) is 29.8 Å². The van der Waals surface area contributed by atoms with Crippen LogP contribution in [0.25, 0.3) is 0 Å². The average Bonchev–Trinajstić information content (AvgIpc) is 2.85. The molecule has 2 aliphatic heterocycles. The number of aromatic nitrogens is 2. The van der Waals surface area contributed by atoms with E-state index < -0.39 is 0 Å². The monoisotopic (exact) mass is 263 g/mol. The van der Waals surface area contributed by atoms with Crippen molar-refractivity contribution in [1.82, 2.24) is 19.8 Å². The van der Waals surface area contributed by atoms with Gasteiger partial charge in [0.25, 0.3) is 5.91 Å². The van der Waals surface area contributed by atoms with Gasteiger partial charge in [-0.25, -0.2) is 4.98 Å². The topological polar surface area (TPSA) is 62.2 Å². The quantitative estimate of drug-likeness (QED) is 0.817. The maximum atomic E-state index is 12.2. The molecule has 1 fully saturated rings. The highest BCUT2D eigenvalue weighted by Crippen LogP contribution is 2.15. The number of imidazole rings is 1. The number of aryl methyl sites for hydroxylation is 1. The molecule has 1 aromatic rings. The molecule has 0 aromatic carbocycles. The molecule has 0 radical (unpaired) electrons. The van der Waals surface area contributed by atoms with Gasteiger partial charge in [0.1, 0.15) is 5.69 Å². The molecule has 3 heterocycles. The number of nitrogens with one attached hydrogen (secondary N) is 2. The van der Waals surface area contributed by atoms with Crippen molar-refractivity contribution in [2.75, 3.05) is 32.0 Å². The minimum atomic E-state index is -0.0433. The number of amides is 1. The summed E-state index contributed by atoms with van der Waals surface area (Å²) < 4.78 is 2.02. The van der Waals surface area contributed by atoms with Crippen LogP contribution in [-0.2, 0) is 6.54 Å². The molecule has 1 aromatic heterocycles. The second-order valence-corrected chi connectivity index (χ2v) is 5.47. The van der Waals surface area contributed by atoms with Gasteiger partial charge in [-0.3, -0.25) is 4.79 Å². The molecule has 19 heavy (non-hydrogen) atoms. The smallest absolute Gasteiger partial charge is 0.271 e. The van der Waals surface area contributed by atoms with E-state index in [4.69, 9.17) is 0 Å². The maximum Gasteiger partial charge on any atom is 0.271 e. The van der Waals surface area contributed by atoms with E-state index in [2.05, 4.69) is 27.6 Å². The predicted octanol–water partition coefficient (Wildman–Crippen LogP) is 0.523. The van der Waals surface area contributed by atoms with E-state index in [1.165, 1.54) is 0 Å². The van der Waals surface area contributed by atoms with Gasteiger partial charge in [0.2, 0.25) is 5.95 Å². The van der Waals surface area contributed by atoms with Crippen LogP contribution >= 0.6 is 0 Å². The molecule has 2 aliphatic rings. The summed E-state index contributed by atoms with van der Waals surface area (Å²) >= 11 is 0. The van der Waals surface area contributed by atoms with Crippen molar-refractivity contribution in [3.63, 3.8) is 0 Å². The highest BCUT2D eigenvalue weighted by Gasteiger charge is 2.21. The minimum Gasteiger partial charge on any atom is -0.356 e. The fraction of sp³-hybridized carbons (Fsp3) is 0.692. The zero-order valence-corrected chi connectivity index (χ0v) is 11.4. The number of hydrogen-bond donors (Lipinski definition) is 2. The van der Waals surface area contributed by atoms with E-state index in [1.54, 1.807) is 0 Å². The van der Waals surface area contributed by atoms with Crippen LogP contribution in [0.15, 0.2) is 6.20 Å². The Morgan fingerprint density at radius 1 is 1.42 bits per heavy atom. The van der Waals surface area contributed by atoms with Crippen LogP contribution < -0.4 is 10.6 Å². The van der Waals surface area contributed by atoms with E-state index in [9.17, 15) is 4.79 Å². The predicted molar refractivity (Wildman–Crippen MR) is 73.3 cm³/mol. The SMILES string of the molecule is CN1CCC(NC(=O)c2cn3c(n2)NCCC3)CC1. The van der Waals surface area contributed by atoms with Crippen LogP contribution in [0.3, 0.4) is 0 Å². The first-order valence-electron chi connectivity index (χ1n) is 7.03. The summed E-state index contributed by atoms with van der Waals surface area (Å²) in [5.41, 5.74) is 0.531. The molecule has 6 heteroatoms. The number of nitrogens with zero attached hydrogens (tertiary/aromatic N) is 3. The largest absolute Gasteiger partial charge is 0.356 e. The van der Waals surface area contributed by atoms with Crippen molar-refractivity contribution in [3.05, 3.63) is 11.9 Å². The Morgan fingerprint density at radius 3 is 2.95 bits per heavy atom. The second-order valence-electron chi connectivity index (χ2n) is 5.47. The third kappa shape index (κ3) is 2.73. The normalized spacial score (nSPS) is 20.7. The number of anilines is 1. The molecule has 104 valence electrons. The first-order valence-corrected chi connectivity index (χ1v) is 7.03. The molecule has 1 saturated heterocycles. The lowest BCUT2D eigenvalue weighted by Gasteiger charge is -2.29. The van der Waals surface area contributed by atoms with E-state index in [1.807, 2.05) is 10.8 Å². The third-order valence-corrected chi connectivity index (χ3v) is 3.92. The van der Waals surface area contributed by atoms with E-state index >= 15 is 0 Å². The minimum absolute atomic E-state index is 0.0433. The van der Waals surface area contributed by atoms with Crippen LogP contribution in [0, 0.1) is 0 Å². The molecule has 6 nitrogen and oxygen atoms in total. The molecule has 0 bridgehead atoms. The van der Waals surface area contributed by atoms with Gasteiger partial charge in [0, 0.05) is 25.3 Å². The number of carbonyl (C=O) groups is 1. The number of likely N-dealkylation sites (tertiary alicyclic amines) is 1. The fourth-order valence-electron chi connectivity index (χ4n) is 2.70. The molecule has 0 saturated carbocycles. The van der Waals surface area contributed by atoms with Gasteiger partial charge in [-0.15, -0.1) is 0 Å². The molecule has 1 amide bonds.